The van der Waals surface area contributed by atoms with Gasteiger partial charge in [-0.05, 0) is 71.1 Å². The van der Waals surface area contributed by atoms with E-state index in [1.54, 1.807) is 0 Å². The van der Waals surface area contributed by atoms with E-state index < -0.39 is 0 Å². The Morgan fingerprint density at radius 2 is 1.71 bits per heavy atom. The third-order valence-electron chi connectivity index (χ3n) is 7.14. The molecule has 1 unspecified atom stereocenters. The summed E-state index contributed by atoms with van der Waals surface area (Å²) in [5.41, 5.74) is 0.366. The zero-order valence-corrected chi connectivity index (χ0v) is 18.4. The van der Waals surface area contributed by atoms with Crippen molar-refractivity contribution < 1.29 is 9.53 Å². The number of carbonyl (C=O) groups excluding carboxylic acids is 1. The SMILES string of the molecule is CCC(=O)NCC1CC2(CCN(CCCN3CCN(C(C)C)CC3)CC2)CO1. The maximum atomic E-state index is 11.5. The van der Waals surface area contributed by atoms with E-state index in [2.05, 4.69) is 33.9 Å². The lowest BCUT2D eigenvalue weighted by molar-refractivity contribution is -0.121. The van der Waals surface area contributed by atoms with Crippen LogP contribution in [0.1, 0.15) is 52.9 Å². The number of likely N-dealkylation sites (tertiary alicyclic amines) is 1. The summed E-state index contributed by atoms with van der Waals surface area (Å²) in [5, 5.41) is 2.99. The second-order valence-corrected chi connectivity index (χ2v) is 9.46. The van der Waals surface area contributed by atoms with E-state index in [4.69, 9.17) is 4.74 Å². The number of ether oxygens (including phenoxy) is 1. The van der Waals surface area contributed by atoms with Crippen molar-refractivity contribution in [2.45, 2.75) is 65.0 Å². The normalized spacial score (nSPS) is 26.9. The molecule has 0 saturated carbocycles. The third-order valence-corrected chi connectivity index (χ3v) is 7.14. The predicted octanol–water partition coefficient (Wildman–Crippen LogP) is 1.80. The van der Waals surface area contributed by atoms with Gasteiger partial charge in [-0.25, -0.2) is 0 Å². The van der Waals surface area contributed by atoms with Gasteiger partial charge in [0, 0.05) is 45.2 Å². The highest BCUT2D eigenvalue weighted by Gasteiger charge is 2.42. The van der Waals surface area contributed by atoms with Gasteiger partial charge < -0.3 is 19.9 Å². The van der Waals surface area contributed by atoms with Crippen LogP contribution in [0, 0.1) is 5.41 Å². The summed E-state index contributed by atoms with van der Waals surface area (Å²) in [4.78, 5) is 19.3. The van der Waals surface area contributed by atoms with Gasteiger partial charge in [0.05, 0.1) is 12.7 Å². The fourth-order valence-corrected chi connectivity index (χ4v) is 5.00. The number of piperidine rings is 1. The van der Waals surface area contributed by atoms with Gasteiger partial charge in [0.25, 0.3) is 0 Å². The fraction of sp³-hybridized carbons (Fsp3) is 0.955. The molecule has 1 N–H and O–H groups in total. The molecule has 6 heteroatoms. The lowest BCUT2D eigenvalue weighted by Crippen LogP contribution is -2.49. The van der Waals surface area contributed by atoms with Crippen molar-refractivity contribution in [3.05, 3.63) is 0 Å². The van der Waals surface area contributed by atoms with Crippen LogP contribution in [-0.4, -0.2) is 98.3 Å². The Morgan fingerprint density at radius 3 is 2.32 bits per heavy atom. The molecular formula is C22H42N4O2. The highest BCUT2D eigenvalue weighted by Crippen LogP contribution is 2.41. The third kappa shape index (κ3) is 6.15. The average molecular weight is 395 g/mol. The molecule has 0 aromatic heterocycles. The molecule has 0 aliphatic carbocycles. The smallest absolute Gasteiger partial charge is 0.219 e. The molecule has 0 aromatic rings. The summed E-state index contributed by atoms with van der Waals surface area (Å²) in [6, 6.07) is 0.685. The van der Waals surface area contributed by atoms with E-state index in [0.717, 1.165) is 13.0 Å². The molecule has 1 spiro atoms. The van der Waals surface area contributed by atoms with E-state index in [1.165, 1.54) is 71.6 Å². The molecule has 6 nitrogen and oxygen atoms in total. The molecule has 1 atom stereocenters. The summed E-state index contributed by atoms with van der Waals surface area (Å²) < 4.78 is 6.02. The minimum absolute atomic E-state index is 0.130. The first kappa shape index (κ1) is 22.0. The molecule has 3 saturated heterocycles. The molecule has 162 valence electrons. The molecule has 3 aliphatic heterocycles. The minimum atomic E-state index is 0.130. The van der Waals surface area contributed by atoms with Crippen molar-refractivity contribution in [1.82, 2.24) is 20.0 Å². The molecule has 0 aromatic carbocycles. The van der Waals surface area contributed by atoms with Crippen molar-refractivity contribution >= 4 is 5.91 Å². The van der Waals surface area contributed by atoms with E-state index in [-0.39, 0.29) is 12.0 Å². The summed E-state index contributed by atoms with van der Waals surface area (Å²) in [5.74, 6) is 0.130. The molecular weight excluding hydrogens is 352 g/mol. The Labute approximate surface area is 171 Å². The zero-order chi connectivity index (χ0) is 20.0. The number of nitrogens with zero attached hydrogens (tertiary/aromatic N) is 3. The first-order chi connectivity index (χ1) is 13.5. The van der Waals surface area contributed by atoms with Gasteiger partial charge in [-0.1, -0.05) is 6.92 Å². The Morgan fingerprint density at radius 1 is 1.07 bits per heavy atom. The van der Waals surface area contributed by atoms with Crippen LogP contribution in [-0.2, 0) is 9.53 Å². The van der Waals surface area contributed by atoms with Crippen molar-refractivity contribution in [1.29, 1.82) is 0 Å². The van der Waals surface area contributed by atoms with Gasteiger partial charge in [-0.15, -0.1) is 0 Å². The van der Waals surface area contributed by atoms with Gasteiger partial charge >= 0.3 is 0 Å². The fourth-order valence-electron chi connectivity index (χ4n) is 5.00. The lowest BCUT2D eigenvalue weighted by atomic mass is 9.76. The van der Waals surface area contributed by atoms with E-state index >= 15 is 0 Å². The topological polar surface area (TPSA) is 48.1 Å². The summed E-state index contributed by atoms with van der Waals surface area (Å²) >= 11 is 0. The van der Waals surface area contributed by atoms with Crippen LogP contribution in [0.25, 0.3) is 0 Å². The first-order valence-electron chi connectivity index (χ1n) is 11.6. The van der Waals surface area contributed by atoms with E-state index in [9.17, 15) is 4.79 Å². The second-order valence-electron chi connectivity index (χ2n) is 9.46. The molecule has 28 heavy (non-hydrogen) atoms. The number of nitrogens with one attached hydrogen (secondary N) is 1. The number of rotatable bonds is 8. The van der Waals surface area contributed by atoms with Crippen molar-refractivity contribution in [3.8, 4) is 0 Å². The first-order valence-corrected chi connectivity index (χ1v) is 11.6. The van der Waals surface area contributed by atoms with Crippen molar-refractivity contribution in [2.24, 2.45) is 5.41 Å². The van der Waals surface area contributed by atoms with Crippen LogP contribution in [0.4, 0.5) is 0 Å². The van der Waals surface area contributed by atoms with Crippen LogP contribution in [0.3, 0.4) is 0 Å². The van der Waals surface area contributed by atoms with Gasteiger partial charge in [-0.2, -0.15) is 0 Å². The van der Waals surface area contributed by atoms with E-state index in [0.29, 0.717) is 24.4 Å². The highest BCUT2D eigenvalue weighted by atomic mass is 16.5. The molecule has 3 aliphatic rings. The largest absolute Gasteiger partial charge is 0.376 e. The maximum absolute atomic E-state index is 11.5. The number of carbonyl (C=O) groups is 1. The lowest BCUT2D eigenvalue weighted by Gasteiger charge is -2.39. The summed E-state index contributed by atoms with van der Waals surface area (Å²) in [7, 11) is 0. The van der Waals surface area contributed by atoms with Crippen LogP contribution in [0.15, 0.2) is 0 Å². The Bertz CT molecular complexity index is 483. The van der Waals surface area contributed by atoms with Gasteiger partial charge in [-0.3, -0.25) is 9.69 Å². The highest BCUT2D eigenvalue weighted by molar-refractivity contribution is 5.75. The van der Waals surface area contributed by atoms with Crippen LogP contribution in [0.5, 0.6) is 0 Å². The van der Waals surface area contributed by atoms with Crippen molar-refractivity contribution in [3.63, 3.8) is 0 Å². The zero-order valence-electron chi connectivity index (χ0n) is 18.4. The van der Waals surface area contributed by atoms with Gasteiger partial charge in [0.2, 0.25) is 5.91 Å². The quantitative estimate of drug-likeness (QED) is 0.680. The summed E-state index contributed by atoms with van der Waals surface area (Å²) in [6.07, 6.45) is 5.67. The minimum Gasteiger partial charge on any atom is -0.376 e. The van der Waals surface area contributed by atoms with Gasteiger partial charge in [0.15, 0.2) is 0 Å². The van der Waals surface area contributed by atoms with Crippen LogP contribution >= 0.6 is 0 Å². The van der Waals surface area contributed by atoms with Crippen LogP contribution in [0.2, 0.25) is 0 Å². The monoisotopic (exact) mass is 394 g/mol. The average Bonchev–Trinajstić information content (AvgIpc) is 3.11. The van der Waals surface area contributed by atoms with Crippen molar-refractivity contribution in [2.75, 3.05) is 65.5 Å². The molecule has 0 radical (unpaired) electrons. The number of hydrogen-bond donors (Lipinski definition) is 1. The second kappa shape index (κ2) is 10.4. The number of hydrogen-bond acceptors (Lipinski definition) is 5. The molecule has 3 fully saturated rings. The molecule has 0 bridgehead atoms. The Kier molecular flexibility index (Phi) is 8.15. The predicted molar refractivity (Wildman–Crippen MR) is 114 cm³/mol. The summed E-state index contributed by atoms with van der Waals surface area (Å²) in [6.45, 7) is 17.9. The molecule has 3 rings (SSSR count). The van der Waals surface area contributed by atoms with Crippen LogP contribution < -0.4 is 5.32 Å². The number of amides is 1. The maximum Gasteiger partial charge on any atom is 0.219 e. The molecule has 1 amide bonds. The molecule has 3 heterocycles. The Balaban J connectivity index is 1.28. The van der Waals surface area contributed by atoms with Gasteiger partial charge in [0.1, 0.15) is 0 Å². The standard InChI is InChI=1S/C22H42N4O2/c1-4-21(27)23-17-20-16-22(18-28-20)6-10-24(11-7-22)8-5-9-25-12-14-26(15-13-25)19(2)3/h19-20H,4-18H2,1-3H3,(H,23,27). The number of piperazine rings is 1. The van der Waals surface area contributed by atoms with E-state index in [1.807, 2.05) is 6.92 Å². The Hall–Kier alpha value is -0.690.